The van der Waals surface area contributed by atoms with Gasteiger partial charge in [-0.3, -0.25) is 9.78 Å². The molecule has 0 saturated heterocycles. The van der Waals surface area contributed by atoms with Crippen molar-refractivity contribution in [1.29, 1.82) is 0 Å². The van der Waals surface area contributed by atoms with Gasteiger partial charge in [-0.1, -0.05) is 24.3 Å². The Morgan fingerprint density at radius 3 is 2.85 bits per heavy atom. The Hall–Kier alpha value is -1.68. The lowest BCUT2D eigenvalue weighted by molar-refractivity contribution is -0.120. The molecule has 0 radical (unpaired) electrons. The summed E-state index contributed by atoms with van der Waals surface area (Å²) in [5.74, 6) is 0.136. The zero-order chi connectivity index (χ0) is 13.9. The molecule has 3 nitrogen and oxygen atoms in total. The van der Waals surface area contributed by atoms with E-state index in [4.69, 9.17) is 0 Å². The molecule has 1 amide bonds. The van der Waals surface area contributed by atoms with E-state index in [9.17, 15) is 4.79 Å². The number of benzene rings is 1. The summed E-state index contributed by atoms with van der Waals surface area (Å²) in [5.41, 5.74) is 3.46. The Balaban J connectivity index is 1.72. The Bertz CT molecular complexity index is 642. The molecule has 1 aliphatic carbocycles. The number of amides is 1. The molecule has 1 aromatic carbocycles. The van der Waals surface area contributed by atoms with E-state index in [1.165, 1.54) is 11.1 Å². The van der Waals surface area contributed by atoms with Crippen LogP contribution in [0, 0.1) is 5.92 Å². The summed E-state index contributed by atoms with van der Waals surface area (Å²) in [7, 11) is 0. The summed E-state index contributed by atoms with van der Waals surface area (Å²) in [4.78, 5) is 16.4. The van der Waals surface area contributed by atoms with Gasteiger partial charge in [0.2, 0.25) is 5.91 Å². The number of hydrogen-bond acceptors (Lipinski definition) is 2. The highest BCUT2D eigenvalue weighted by Gasteiger charge is 2.24. The summed E-state index contributed by atoms with van der Waals surface area (Å²) < 4.78 is 0.810. The molecule has 1 aliphatic rings. The monoisotopic (exact) mass is 330 g/mol. The summed E-state index contributed by atoms with van der Waals surface area (Å²) in [6, 6.07) is 10.2. The number of fused-ring (bicyclic) bond motifs is 1. The highest BCUT2D eigenvalue weighted by atomic mass is 79.9. The van der Waals surface area contributed by atoms with E-state index in [2.05, 4.69) is 44.4 Å². The van der Waals surface area contributed by atoms with Crippen LogP contribution in [0.3, 0.4) is 0 Å². The average Bonchev–Trinajstić information content (AvgIpc) is 2.49. The maximum Gasteiger partial charge on any atom is 0.227 e. The summed E-state index contributed by atoms with van der Waals surface area (Å²) in [6.07, 6.45) is 6.07. The number of carbonyl (C=O) groups is 1. The van der Waals surface area contributed by atoms with Gasteiger partial charge in [-0.15, -0.1) is 0 Å². The van der Waals surface area contributed by atoms with Crippen molar-refractivity contribution < 1.29 is 4.79 Å². The lowest BCUT2D eigenvalue weighted by Gasteiger charge is -2.23. The van der Waals surface area contributed by atoms with Gasteiger partial charge >= 0.3 is 0 Å². The van der Waals surface area contributed by atoms with Crippen molar-refractivity contribution in [3.63, 3.8) is 0 Å². The second kappa shape index (κ2) is 5.75. The second-order valence-electron chi connectivity index (χ2n) is 5.05. The number of anilines is 1. The molecule has 0 spiro atoms. The minimum atomic E-state index is 0.0463. The van der Waals surface area contributed by atoms with Crippen molar-refractivity contribution in [2.75, 3.05) is 5.32 Å². The number of aromatic nitrogens is 1. The fourth-order valence-corrected chi connectivity index (χ4v) is 2.98. The number of nitrogens with one attached hydrogen (secondary N) is 1. The van der Waals surface area contributed by atoms with Crippen LogP contribution in [0.1, 0.15) is 17.5 Å². The maximum absolute atomic E-state index is 12.4. The van der Waals surface area contributed by atoms with Crippen molar-refractivity contribution in [3.8, 4) is 0 Å². The Labute approximate surface area is 126 Å². The molecule has 1 heterocycles. The van der Waals surface area contributed by atoms with Gasteiger partial charge in [-0.2, -0.15) is 0 Å². The third kappa shape index (κ3) is 2.75. The van der Waals surface area contributed by atoms with E-state index in [0.29, 0.717) is 0 Å². The molecule has 3 rings (SSSR count). The molecular formula is C16H15BrN2O. The molecule has 1 unspecified atom stereocenters. The lowest BCUT2D eigenvalue weighted by Crippen LogP contribution is -2.28. The fourth-order valence-electron chi connectivity index (χ4n) is 2.63. The number of nitrogens with zero attached hydrogens (tertiary/aromatic N) is 1. The molecule has 0 aliphatic heterocycles. The van der Waals surface area contributed by atoms with Gasteiger partial charge in [-0.25, -0.2) is 0 Å². The first-order valence-corrected chi connectivity index (χ1v) is 7.50. The van der Waals surface area contributed by atoms with Crippen LogP contribution in [-0.4, -0.2) is 10.9 Å². The van der Waals surface area contributed by atoms with E-state index >= 15 is 0 Å². The quantitative estimate of drug-likeness (QED) is 0.914. The van der Waals surface area contributed by atoms with Crippen molar-refractivity contribution in [3.05, 3.63) is 58.3 Å². The van der Waals surface area contributed by atoms with Gasteiger partial charge in [0.25, 0.3) is 0 Å². The molecular weight excluding hydrogens is 316 g/mol. The molecule has 20 heavy (non-hydrogen) atoms. The van der Waals surface area contributed by atoms with Gasteiger partial charge < -0.3 is 5.32 Å². The molecule has 2 aromatic rings. The number of rotatable bonds is 2. The Morgan fingerprint density at radius 1 is 1.25 bits per heavy atom. The minimum Gasteiger partial charge on any atom is -0.325 e. The minimum absolute atomic E-state index is 0.0463. The number of aryl methyl sites for hydroxylation is 1. The van der Waals surface area contributed by atoms with Crippen LogP contribution in [0.5, 0.6) is 0 Å². The Kier molecular flexibility index (Phi) is 3.83. The van der Waals surface area contributed by atoms with Crippen LogP contribution >= 0.6 is 15.9 Å². The zero-order valence-corrected chi connectivity index (χ0v) is 12.6. The summed E-state index contributed by atoms with van der Waals surface area (Å²) >= 11 is 3.40. The van der Waals surface area contributed by atoms with Crippen LogP contribution in [0.2, 0.25) is 0 Å². The van der Waals surface area contributed by atoms with E-state index < -0.39 is 0 Å². The molecule has 4 heteroatoms. The highest BCUT2D eigenvalue weighted by molar-refractivity contribution is 9.10. The third-order valence-electron chi connectivity index (χ3n) is 3.75. The third-order valence-corrected chi connectivity index (χ3v) is 4.38. The van der Waals surface area contributed by atoms with Gasteiger partial charge in [0.1, 0.15) is 0 Å². The predicted molar refractivity (Wildman–Crippen MR) is 82.5 cm³/mol. The first-order valence-electron chi connectivity index (χ1n) is 6.71. The topological polar surface area (TPSA) is 42.0 Å². The summed E-state index contributed by atoms with van der Waals surface area (Å²) in [6.45, 7) is 0. The summed E-state index contributed by atoms with van der Waals surface area (Å²) in [5, 5.41) is 2.98. The maximum atomic E-state index is 12.4. The van der Waals surface area contributed by atoms with Crippen molar-refractivity contribution in [1.82, 2.24) is 4.98 Å². The van der Waals surface area contributed by atoms with Crippen LogP contribution in [-0.2, 0) is 17.6 Å². The van der Waals surface area contributed by atoms with Crippen LogP contribution in [0.4, 0.5) is 5.69 Å². The van der Waals surface area contributed by atoms with E-state index in [1.54, 1.807) is 18.5 Å². The largest absolute Gasteiger partial charge is 0.325 e. The van der Waals surface area contributed by atoms with Crippen molar-refractivity contribution in [2.24, 2.45) is 5.92 Å². The van der Waals surface area contributed by atoms with Crippen molar-refractivity contribution in [2.45, 2.75) is 19.3 Å². The van der Waals surface area contributed by atoms with Crippen LogP contribution in [0.25, 0.3) is 0 Å². The van der Waals surface area contributed by atoms with Crippen molar-refractivity contribution >= 4 is 27.5 Å². The van der Waals surface area contributed by atoms with Gasteiger partial charge in [0, 0.05) is 18.3 Å². The number of pyridine rings is 1. The molecule has 0 bridgehead atoms. The van der Waals surface area contributed by atoms with E-state index in [0.717, 1.165) is 29.4 Å². The zero-order valence-electron chi connectivity index (χ0n) is 11.0. The van der Waals surface area contributed by atoms with Gasteiger partial charge in [0.05, 0.1) is 10.2 Å². The first-order chi connectivity index (χ1) is 9.74. The smallest absolute Gasteiger partial charge is 0.227 e. The lowest BCUT2D eigenvalue weighted by atomic mass is 9.83. The normalized spacial score (nSPS) is 17.4. The van der Waals surface area contributed by atoms with E-state index in [-0.39, 0.29) is 11.8 Å². The highest BCUT2D eigenvalue weighted by Crippen LogP contribution is 2.27. The molecule has 0 fully saturated rings. The number of hydrogen-bond donors (Lipinski definition) is 1. The predicted octanol–water partition coefficient (Wildman–Crippen LogP) is 3.59. The molecule has 1 aromatic heterocycles. The molecule has 0 saturated carbocycles. The fraction of sp³-hybridized carbons (Fsp3) is 0.250. The van der Waals surface area contributed by atoms with E-state index in [1.807, 2.05) is 6.07 Å². The number of carbonyl (C=O) groups excluding carboxylic acids is 1. The van der Waals surface area contributed by atoms with Gasteiger partial charge in [-0.05, 0) is 52.4 Å². The van der Waals surface area contributed by atoms with Crippen LogP contribution in [0.15, 0.2) is 47.2 Å². The molecule has 1 atom stereocenters. The molecule has 102 valence electrons. The standard InChI is InChI=1S/C16H15BrN2O/c17-14-10-18-8-7-15(14)19-16(20)13-6-5-11-3-1-2-4-12(11)9-13/h1-4,7-8,10,13H,5-6,9H2,(H,18,19,20). The second-order valence-corrected chi connectivity index (χ2v) is 5.91. The SMILES string of the molecule is O=C(Nc1ccncc1Br)C1CCc2ccccc2C1. The molecule has 1 N–H and O–H groups in total. The average molecular weight is 331 g/mol. The Morgan fingerprint density at radius 2 is 2.05 bits per heavy atom. The van der Waals surface area contributed by atoms with Crippen LogP contribution < -0.4 is 5.32 Å². The first kappa shape index (κ1) is 13.3. The number of halogens is 1. The van der Waals surface area contributed by atoms with Gasteiger partial charge in [0.15, 0.2) is 0 Å².